The van der Waals surface area contributed by atoms with Crippen molar-refractivity contribution in [1.29, 1.82) is 0 Å². The van der Waals surface area contributed by atoms with Crippen LogP contribution in [0.1, 0.15) is 24.8 Å². The average Bonchev–Trinajstić information content (AvgIpc) is 2.86. The van der Waals surface area contributed by atoms with Crippen molar-refractivity contribution in [3.05, 3.63) is 77.9 Å². The SMILES string of the molecule is O=C(NCC1CN(S(=O)(=O)c2cccc(C(F)(F)F)c2)c2cc(-c3cc(F)ccc3F)ccc2O1)C1CCC1. The lowest BCUT2D eigenvalue weighted by atomic mass is 9.85. The largest absolute Gasteiger partial charge is 0.484 e. The fourth-order valence-electron chi connectivity index (χ4n) is 4.52. The summed E-state index contributed by atoms with van der Waals surface area (Å²) in [7, 11) is -4.58. The molecule has 1 atom stereocenters. The molecule has 1 N–H and O–H groups in total. The molecule has 206 valence electrons. The third-order valence-electron chi connectivity index (χ3n) is 6.86. The number of benzene rings is 3. The Morgan fingerprint density at radius 2 is 1.79 bits per heavy atom. The fourth-order valence-corrected chi connectivity index (χ4v) is 6.07. The zero-order valence-electron chi connectivity index (χ0n) is 20.3. The summed E-state index contributed by atoms with van der Waals surface area (Å²) < 4.78 is 103. The molecule has 0 spiro atoms. The molecule has 5 rings (SSSR count). The van der Waals surface area contributed by atoms with Gasteiger partial charge < -0.3 is 10.1 Å². The van der Waals surface area contributed by atoms with E-state index in [2.05, 4.69) is 5.32 Å². The summed E-state index contributed by atoms with van der Waals surface area (Å²) >= 11 is 0. The van der Waals surface area contributed by atoms with Crippen LogP contribution in [0, 0.1) is 17.6 Å². The molecule has 0 aromatic heterocycles. The van der Waals surface area contributed by atoms with Crippen LogP contribution in [0.4, 0.5) is 27.6 Å². The number of carbonyl (C=O) groups is 1. The Labute approximate surface area is 221 Å². The molecule has 1 aliphatic carbocycles. The van der Waals surface area contributed by atoms with E-state index in [-0.39, 0.29) is 47.5 Å². The highest BCUT2D eigenvalue weighted by Crippen LogP contribution is 2.41. The zero-order chi connectivity index (χ0) is 27.9. The maximum Gasteiger partial charge on any atom is 0.416 e. The monoisotopic (exact) mass is 566 g/mol. The summed E-state index contributed by atoms with van der Waals surface area (Å²) in [5.74, 6) is -1.71. The van der Waals surface area contributed by atoms with Crippen molar-refractivity contribution in [2.24, 2.45) is 5.92 Å². The van der Waals surface area contributed by atoms with Gasteiger partial charge in [-0.3, -0.25) is 9.10 Å². The fraction of sp³-hybridized carbons (Fsp3) is 0.296. The van der Waals surface area contributed by atoms with Gasteiger partial charge in [0, 0.05) is 11.5 Å². The highest BCUT2D eigenvalue weighted by Gasteiger charge is 2.38. The first kappa shape index (κ1) is 26.9. The number of halogens is 5. The van der Waals surface area contributed by atoms with Gasteiger partial charge in [0.05, 0.1) is 29.2 Å². The van der Waals surface area contributed by atoms with Crippen LogP contribution in [0.2, 0.25) is 0 Å². The molecule has 1 aliphatic heterocycles. The quantitative estimate of drug-likeness (QED) is 0.399. The lowest BCUT2D eigenvalue weighted by Gasteiger charge is -2.36. The summed E-state index contributed by atoms with van der Waals surface area (Å²) in [4.78, 5) is 11.7. The van der Waals surface area contributed by atoms with Crippen molar-refractivity contribution in [2.75, 3.05) is 17.4 Å². The van der Waals surface area contributed by atoms with Gasteiger partial charge in [0.1, 0.15) is 23.5 Å². The minimum Gasteiger partial charge on any atom is -0.484 e. The van der Waals surface area contributed by atoms with E-state index < -0.39 is 44.4 Å². The van der Waals surface area contributed by atoms with E-state index in [1.54, 1.807) is 0 Å². The first-order valence-electron chi connectivity index (χ1n) is 12.2. The highest BCUT2D eigenvalue weighted by molar-refractivity contribution is 7.92. The van der Waals surface area contributed by atoms with Gasteiger partial charge in [0.2, 0.25) is 5.91 Å². The van der Waals surface area contributed by atoms with Gasteiger partial charge in [-0.2, -0.15) is 13.2 Å². The number of amides is 1. The Morgan fingerprint density at radius 3 is 2.49 bits per heavy atom. The van der Waals surface area contributed by atoms with Crippen LogP contribution >= 0.6 is 0 Å². The number of nitrogens with one attached hydrogen (secondary N) is 1. The van der Waals surface area contributed by atoms with Gasteiger partial charge >= 0.3 is 6.18 Å². The summed E-state index contributed by atoms with van der Waals surface area (Å²) in [6, 6.07) is 10.2. The number of alkyl halides is 3. The number of nitrogens with zero attached hydrogens (tertiary/aromatic N) is 1. The van der Waals surface area contributed by atoms with Crippen molar-refractivity contribution in [3.63, 3.8) is 0 Å². The smallest absolute Gasteiger partial charge is 0.416 e. The number of hydrogen-bond donors (Lipinski definition) is 1. The van der Waals surface area contributed by atoms with E-state index in [1.165, 1.54) is 18.2 Å². The molecule has 3 aromatic carbocycles. The molecule has 12 heteroatoms. The van der Waals surface area contributed by atoms with Gasteiger partial charge in [-0.25, -0.2) is 17.2 Å². The van der Waals surface area contributed by atoms with E-state index in [0.717, 1.165) is 60.0 Å². The van der Waals surface area contributed by atoms with Crippen LogP contribution in [0.25, 0.3) is 11.1 Å². The van der Waals surface area contributed by atoms with Gasteiger partial charge in [-0.05, 0) is 66.9 Å². The Bertz CT molecular complexity index is 1520. The van der Waals surface area contributed by atoms with Gasteiger partial charge in [0.15, 0.2) is 0 Å². The second kappa shape index (κ2) is 10.1. The second-order valence-electron chi connectivity index (χ2n) is 9.48. The first-order valence-corrected chi connectivity index (χ1v) is 13.6. The highest BCUT2D eigenvalue weighted by atomic mass is 32.2. The number of hydrogen-bond acceptors (Lipinski definition) is 4. The molecular weight excluding hydrogens is 543 g/mol. The molecule has 0 radical (unpaired) electrons. The molecule has 3 aromatic rings. The lowest BCUT2D eigenvalue weighted by molar-refractivity contribution is -0.137. The molecule has 1 heterocycles. The van der Waals surface area contributed by atoms with Gasteiger partial charge in [-0.1, -0.05) is 18.6 Å². The normalized spacial score (nSPS) is 17.7. The summed E-state index contributed by atoms with van der Waals surface area (Å²) in [5, 5.41) is 2.75. The second-order valence-corrected chi connectivity index (χ2v) is 11.3. The van der Waals surface area contributed by atoms with Crippen LogP contribution in [-0.2, 0) is 21.0 Å². The Hall–Kier alpha value is -3.67. The van der Waals surface area contributed by atoms with E-state index in [0.29, 0.717) is 6.07 Å². The summed E-state index contributed by atoms with van der Waals surface area (Å²) in [6.45, 7) is -0.380. The van der Waals surface area contributed by atoms with E-state index in [4.69, 9.17) is 4.74 Å². The molecule has 0 bridgehead atoms. The third-order valence-corrected chi connectivity index (χ3v) is 8.64. The standard InChI is InChI=1S/C27H23F5N2O4S/c28-19-8-9-23(29)22(13-19)17-7-10-25-24(11-17)34(15-20(38-25)14-33-26(35)16-3-1-4-16)39(36,37)21-6-2-5-18(12-21)27(30,31)32/h2,5-13,16,20H,1,3-4,14-15H2,(H,33,35). The molecule has 1 amide bonds. The van der Waals surface area contributed by atoms with Crippen molar-refractivity contribution in [3.8, 4) is 16.9 Å². The maximum absolute atomic E-state index is 14.5. The van der Waals surface area contributed by atoms with Crippen molar-refractivity contribution >= 4 is 21.6 Å². The molecule has 0 saturated heterocycles. The minimum atomic E-state index is -4.77. The van der Waals surface area contributed by atoms with Crippen molar-refractivity contribution in [2.45, 2.75) is 36.4 Å². The Kier molecular flexibility index (Phi) is 7.00. The van der Waals surface area contributed by atoms with Crippen LogP contribution in [0.3, 0.4) is 0 Å². The predicted octanol–water partition coefficient (Wildman–Crippen LogP) is 5.52. The maximum atomic E-state index is 14.5. The van der Waals surface area contributed by atoms with E-state index >= 15 is 0 Å². The number of sulfonamides is 1. The van der Waals surface area contributed by atoms with Gasteiger partial charge in [-0.15, -0.1) is 0 Å². The summed E-state index contributed by atoms with van der Waals surface area (Å²) in [6.07, 6.45) is -3.17. The topological polar surface area (TPSA) is 75.7 Å². The minimum absolute atomic E-state index is 0.0380. The molecule has 1 unspecified atom stereocenters. The van der Waals surface area contributed by atoms with Crippen LogP contribution < -0.4 is 14.4 Å². The lowest BCUT2D eigenvalue weighted by Crippen LogP contribution is -2.49. The van der Waals surface area contributed by atoms with Gasteiger partial charge in [0.25, 0.3) is 10.0 Å². The Balaban J connectivity index is 1.54. The van der Waals surface area contributed by atoms with Crippen LogP contribution in [0.5, 0.6) is 5.75 Å². The number of anilines is 1. The van der Waals surface area contributed by atoms with Crippen molar-refractivity contribution in [1.82, 2.24) is 5.32 Å². The van der Waals surface area contributed by atoms with Crippen molar-refractivity contribution < 1.29 is 39.9 Å². The molecule has 1 saturated carbocycles. The molecule has 2 aliphatic rings. The zero-order valence-corrected chi connectivity index (χ0v) is 21.2. The van der Waals surface area contributed by atoms with E-state index in [9.17, 15) is 35.2 Å². The molecule has 39 heavy (non-hydrogen) atoms. The number of rotatable bonds is 6. The van der Waals surface area contributed by atoms with E-state index in [1.807, 2.05) is 0 Å². The molecular formula is C27H23F5N2O4S. The Morgan fingerprint density at radius 1 is 1.03 bits per heavy atom. The predicted molar refractivity (Wildman–Crippen MR) is 133 cm³/mol. The number of fused-ring (bicyclic) bond motifs is 1. The molecule has 6 nitrogen and oxygen atoms in total. The van der Waals surface area contributed by atoms with Crippen LogP contribution in [0.15, 0.2) is 65.6 Å². The third kappa shape index (κ3) is 5.42. The first-order chi connectivity index (χ1) is 18.4. The number of carbonyl (C=O) groups excluding carboxylic acids is 1. The van der Waals surface area contributed by atoms with Crippen LogP contribution in [-0.4, -0.2) is 33.5 Å². The average molecular weight is 567 g/mol. The summed E-state index contributed by atoms with van der Waals surface area (Å²) in [5.41, 5.74) is -1.20. The molecule has 1 fully saturated rings. The number of ether oxygens (including phenoxy) is 1.